The molecule has 2 heterocycles. The van der Waals surface area contributed by atoms with Gasteiger partial charge < -0.3 is 30.2 Å². The first-order valence-electron chi connectivity index (χ1n) is 13.8. The number of nitrogens with one attached hydrogen (secondary N) is 3. The van der Waals surface area contributed by atoms with Crippen LogP contribution >= 0.6 is 0 Å². The Balaban J connectivity index is 1.15. The fraction of sp³-hybridized carbons (Fsp3) is 0.312. The lowest BCUT2D eigenvalue weighted by Crippen LogP contribution is -2.46. The number of ether oxygens (including phenoxy) is 1. The molecule has 0 saturated carbocycles. The minimum absolute atomic E-state index is 0.0699. The van der Waals surface area contributed by atoms with Crippen LogP contribution in [0, 0.1) is 5.92 Å². The molecule has 8 nitrogen and oxygen atoms in total. The van der Waals surface area contributed by atoms with Crippen LogP contribution in [0.15, 0.2) is 90.3 Å². The van der Waals surface area contributed by atoms with E-state index in [0.29, 0.717) is 12.1 Å². The average Bonchev–Trinajstić information content (AvgIpc) is 3.36. The molecule has 2 amide bonds. The van der Waals surface area contributed by atoms with Crippen LogP contribution in [0.2, 0.25) is 0 Å². The van der Waals surface area contributed by atoms with Crippen molar-refractivity contribution in [1.82, 2.24) is 9.47 Å². The van der Waals surface area contributed by atoms with Gasteiger partial charge in [0.15, 0.2) is 0 Å². The quantitative estimate of drug-likeness (QED) is 0.347. The molecule has 1 saturated heterocycles. The smallest absolute Gasteiger partial charge is 0.272 e. The van der Waals surface area contributed by atoms with Crippen LogP contribution in [0.1, 0.15) is 37.7 Å². The van der Waals surface area contributed by atoms with E-state index in [0.717, 1.165) is 41.4 Å². The van der Waals surface area contributed by atoms with Crippen molar-refractivity contribution in [3.63, 3.8) is 0 Å². The minimum atomic E-state index is -0.151. The van der Waals surface area contributed by atoms with Crippen molar-refractivity contribution in [3.8, 4) is 0 Å². The van der Waals surface area contributed by atoms with Crippen molar-refractivity contribution in [2.24, 2.45) is 13.0 Å². The molecule has 5 rings (SSSR count). The van der Waals surface area contributed by atoms with Crippen LogP contribution in [0.3, 0.4) is 0 Å². The molecule has 3 atom stereocenters. The molecule has 40 heavy (non-hydrogen) atoms. The summed E-state index contributed by atoms with van der Waals surface area (Å²) >= 11 is 0. The Hall–Kier alpha value is -4.30. The van der Waals surface area contributed by atoms with E-state index in [1.54, 1.807) is 10.6 Å². The van der Waals surface area contributed by atoms with Crippen molar-refractivity contribution in [2.45, 2.75) is 39.4 Å². The summed E-state index contributed by atoms with van der Waals surface area (Å²) in [5.41, 5.74) is 5.91. The van der Waals surface area contributed by atoms with Gasteiger partial charge in [-0.1, -0.05) is 13.0 Å². The number of allylic oxidation sites excluding steroid dienone is 3. The maximum Gasteiger partial charge on any atom is 0.272 e. The van der Waals surface area contributed by atoms with Gasteiger partial charge in [0.2, 0.25) is 0 Å². The fourth-order valence-electron chi connectivity index (χ4n) is 5.37. The number of carbonyl (C=O) groups excluding carboxylic acids is 2. The third-order valence-corrected chi connectivity index (χ3v) is 7.31. The lowest BCUT2D eigenvalue weighted by molar-refractivity contribution is -0.113. The van der Waals surface area contributed by atoms with E-state index in [2.05, 4.69) is 47.7 Å². The summed E-state index contributed by atoms with van der Waals surface area (Å²) < 4.78 is 7.66. The predicted molar refractivity (Wildman–Crippen MR) is 160 cm³/mol. The molecular weight excluding hydrogens is 502 g/mol. The number of hydrogen-bond donors (Lipinski definition) is 3. The average molecular weight is 540 g/mol. The Kier molecular flexibility index (Phi) is 8.07. The van der Waals surface area contributed by atoms with Crippen LogP contribution in [0.4, 0.5) is 22.7 Å². The van der Waals surface area contributed by atoms with E-state index in [4.69, 9.17) is 4.74 Å². The van der Waals surface area contributed by atoms with E-state index in [9.17, 15) is 9.59 Å². The SMILES string of the molecule is CC1CN(C2=CC=C(C(=O)Nc3ccc(Nc4ccc(NC(=O)c5cccn5C)cc4)cc3)CC2C)CC(C)O1. The number of anilines is 4. The topological polar surface area (TPSA) is 87.6 Å². The molecule has 3 unspecified atom stereocenters. The Morgan fingerprint density at radius 2 is 1.32 bits per heavy atom. The number of rotatable bonds is 7. The molecule has 1 aliphatic carbocycles. The molecule has 1 fully saturated rings. The zero-order valence-corrected chi connectivity index (χ0v) is 23.5. The second-order valence-corrected chi connectivity index (χ2v) is 10.7. The Morgan fingerprint density at radius 3 is 1.85 bits per heavy atom. The van der Waals surface area contributed by atoms with E-state index in [1.165, 1.54) is 5.70 Å². The first kappa shape index (κ1) is 27.3. The molecule has 2 aromatic carbocycles. The number of aryl methyl sites for hydroxylation is 1. The first-order valence-corrected chi connectivity index (χ1v) is 13.8. The van der Waals surface area contributed by atoms with Gasteiger partial charge in [-0.25, -0.2) is 0 Å². The van der Waals surface area contributed by atoms with Crippen molar-refractivity contribution >= 4 is 34.6 Å². The van der Waals surface area contributed by atoms with Crippen LogP contribution in [0.5, 0.6) is 0 Å². The van der Waals surface area contributed by atoms with Gasteiger partial charge in [-0.15, -0.1) is 0 Å². The lowest BCUT2D eigenvalue weighted by atomic mass is 9.90. The number of benzene rings is 2. The summed E-state index contributed by atoms with van der Waals surface area (Å²) in [6.07, 6.45) is 7.01. The van der Waals surface area contributed by atoms with Crippen LogP contribution in [-0.4, -0.2) is 46.6 Å². The van der Waals surface area contributed by atoms with E-state index in [1.807, 2.05) is 73.9 Å². The minimum Gasteiger partial charge on any atom is -0.372 e. The molecule has 1 aliphatic heterocycles. The van der Waals surface area contributed by atoms with Gasteiger partial charge in [-0.3, -0.25) is 9.59 Å². The number of carbonyl (C=O) groups is 2. The van der Waals surface area contributed by atoms with Crippen molar-refractivity contribution in [3.05, 3.63) is 96.0 Å². The molecule has 8 heteroatoms. The predicted octanol–water partition coefficient (Wildman–Crippen LogP) is 5.92. The lowest BCUT2D eigenvalue weighted by Gasteiger charge is -2.40. The number of morpholine rings is 1. The van der Waals surface area contributed by atoms with Gasteiger partial charge in [0, 0.05) is 66.3 Å². The zero-order valence-electron chi connectivity index (χ0n) is 23.5. The van der Waals surface area contributed by atoms with Crippen molar-refractivity contribution < 1.29 is 14.3 Å². The molecule has 0 bridgehead atoms. The third-order valence-electron chi connectivity index (χ3n) is 7.31. The maximum atomic E-state index is 13.0. The molecule has 0 spiro atoms. The fourth-order valence-corrected chi connectivity index (χ4v) is 5.37. The largest absolute Gasteiger partial charge is 0.372 e. The van der Waals surface area contributed by atoms with Crippen molar-refractivity contribution in [1.29, 1.82) is 0 Å². The summed E-state index contributed by atoms with van der Waals surface area (Å²) in [5, 5.41) is 9.29. The van der Waals surface area contributed by atoms with Crippen molar-refractivity contribution in [2.75, 3.05) is 29.0 Å². The second kappa shape index (κ2) is 11.8. The normalized spacial score (nSPS) is 20.8. The highest BCUT2D eigenvalue weighted by atomic mass is 16.5. The highest BCUT2D eigenvalue weighted by Gasteiger charge is 2.28. The Morgan fingerprint density at radius 1 is 0.775 bits per heavy atom. The second-order valence-electron chi connectivity index (χ2n) is 10.7. The van der Waals surface area contributed by atoms with Gasteiger partial charge >= 0.3 is 0 Å². The molecule has 1 aromatic heterocycles. The Bertz CT molecular complexity index is 1410. The van der Waals surface area contributed by atoms with Gasteiger partial charge in [-0.2, -0.15) is 0 Å². The maximum absolute atomic E-state index is 13.0. The van der Waals surface area contributed by atoms with Gasteiger partial charge in [0.1, 0.15) is 5.69 Å². The number of nitrogens with zero attached hydrogens (tertiary/aromatic N) is 2. The van der Waals surface area contributed by atoms with Gasteiger partial charge in [-0.05, 0) is 87.0 Å². The molecule has 3 N–H and O–H groups in total. The number of hydrogen-bond acceptors (Lipinski definition) is 5. The van der Waals surface area contributed by atoms with Crippen LogP contribution in [-0.2, 0) is 16.6 Å². The van der Waals surface area contributed by atoms with E-state index >= 15 is 0 Å². The van der Waals surface area contributed by atoms with Gasteiger partial charge in [0.05, 0.1) is 12.2 Å². The molecule has 3 aromatic rings. The van der Waals surface area contributed by atoms with Crippen LogP contribution in [0.25, 0.3) is 0 Å². The third kappa shape index (κ3) is 6.46. The first-order chi connectivity index (χ1) is 19.2. The van der Waals surface area contributed by atoms with E-state index in [-0.39, 0.29) is 29.9 Å². The monoisotopic (exact) mass is 539 g/mol. The summed E-state index contributed by atoms with van der Waals surface area (Å²) in [4.78, 5) is 27.8. The zero-order chi connectivity index (χ0) is 28.2. The molecule has 0 radical (unpaired) electrons. The molecule has 208 valence electrons. The highest BCUT2D eigenvalue weighted by molar-refractivity contribution is 6.04. The van der Waals surface area contributed by atoms with Gasteiger partial charge in [0.25, 0.3) is 11.8 Å². The summed E-state index contributed by atoms with van der Waals surface area (Å²) in [6.45, 7) is 8.16. The highest BCUT2D eigenvalue weighted by Crippen LogP contribution is 2.30. The summed E-state index contributed by atoms with van der Waals surface area (Å²) in [6, 6.07) is 18.8. The number of amides is 2. The standard InChI is InChI=1S/C32H37N5O3/c1-21-18-24(7-16-29(21)37-19-22(2)40-23(3)20-37)31(38)34-27-12-8-25(9-13-27)33-26-10-14-28(15-11-26)35-32(39)30-6-5-17-36(30)4/h5-17,21-23,33H,18-20H2,1-4H3,(H,34,38)(H,35,39). The summed E-state index contributed by atoms with van der Waals surface area (Å²) in [7, 11) is 1.84. The Labute approximate surface area is 235 Å². The summed E-state index contributed by atoms with van der Waals surface area (Å²) in [5.74, 6) is 0.0503. The van der Waals surface area contributed by atoms with Crippen LogP contribution < -0.4 is 16.0 Å². The number of aromatic nitrogens is 1. The molecule has 2 aliphatic rings. The molecular formula is C32H37N5O3. The van der Waals surface area contributed by atoms with E-state index < -0.39 is 0 Å².